The Hall–Kier alpha value is -1.10. The fraction of sp³-hybridized carbons (Fsp3) is 0.846. The maximum absolute atomic E-state index is 11.9. The third kappa shape index (κ3) is 4.29. The van der Waals surface area contributed by atoms with Crippen LogP contribution in [0.1, 0.15) is 33.6 Å². The first-order chi connectivity index (χ1) is 8.41. The van der Waals surface area contributed by atoms with Gasteiger partial charge in [0.25, 0.3) is 0 Å². The number of carbonyl (C=O) groups excluding carboxylic acids is 2. The lowest BCUT2D eigenvalue weighted by atomic mass is 10.0. The van der Waals surface area contributed by atoms with Crippen molar-refractivity contribution < 1.29 is 9.59 Å². The van der Waals surface area contributed by atoms with E-state index in [1.807, 2.05) is 18.7 Å². The summed E-state index contributed by atoms with van der Waals surface area (Å²) in [6.07, 6.45) is 2.22. The van der Waals surface area contributed by atoms with Crippen LogP contribution in [-0.4, -0.2) is 42.4 Å². The second-order valence-electron chi connectivity index (χ2n) is 5.57. The molecule has 0 saturated carbocycles. The number of likely N-dealkylation sites (tertiary alicyclic amines) is 1. The van der Waals surface area contributed by atoms with Crippen LogP contribution in [0.25, 0.3) is 0 Å². The van der Waals surface area contributed by atoms with Gasteiger partial charge in [-0.05, 0) is 24.7 Å². The molecule has 0 aliphatic carbocycles. The molecule has 1 aliphatic heterocycles. The van der Waals surface area contributed by atoms with Gasteiger partial charge in [0.05, 0.1) is 12.6 Å². The molecular formula is C13H25N3O2. The molecule has 0 aromatic heterocycles. The highest BCUT2D eigenvalue weighted by molar-refractivity contribution is 5.87. The first-order valence-corrected chi connectivity index (χ1v) is 6.73. The van der Waals surface area contributed by atoms with Crippen molar-refractivity contribution in [3.63, 3.8) is 0 Å². The summed E-state index contributed by atoms with van der Waals surface area (Å²) in [6, 6.07) is -0.543. The Labute approximate surface area is 109 Å². The zero-order chi connectivity index (χ0) is 13.7. The fourth-order valence-electron chi connectivity index (χ4n) is 2.11. The molecule has 1 aliphatic rings. The van der Waals surface area contributed by atoms with E-state index in [0.29, 0.717) is 5.92 Å². The molecule has 0 radical (unpaired) electrons. The first-order valence-electron chi connectivity index (χ1n) is 6.73. The predicted molar refractivity (Wildman–Crippen MR) is 70.8 cm³/mol. The third-order valence-electron chi connectivity index (χ3n) is 3.44. The second kappa shape index (κ2) is 6.73. The van der Waals surface area contributed by atoms with Crippen LogP contribution in [0, 0.1) is 11.8 Å². The normalized spacial score (nSPS) is 21.8. The number of hydrogen-bond donors (Lipinski definition) is 2. The van der Waals surface area contributed by atoms with Crippen molar-refractivity contribution in [2.75, 3.05) is 19.6 Å². The van der Waals surface area contributed by atoms with E-state index in [4.69, 9.17) is 5.73 Å². The van der Waals surface area contributed by atoms with E-state index in [0.717, 1.165) is 19.5 Å². The molecule has 1 heterocycles. The van der Waals surface area contributed by atoms with Gasteiger partial charge in [-0.25, -0.2) is 0 Å². The molecule has 1 rings (SSSR count). The lowest BCUT2D eigenvalue weighted by Gasteiger charge is -2.31. The Morgan fingerprint density at radius 3 is 2.67 bits per heavy atom. The Kier molecular flexibility index (Phi) is 5.59. The van der Waals surface area contributed by atoms with Gasteiger partial charge in [-0.1, -0.05) is 20.8 Å². The average molecular weight is 255 g/mol. The van der Waals surface area contributed by atoms with Crippen LogP contribution < -0.4 is 11.1 Å². The Balaban J connectivity index is 2.34. The Morgan fingerprint density at radius 1 is 1.44 bits per heavy atom. The molecule has 1 unspecified atom stereocenters. The van der Waals surface area contributed by atoms with Gasteiger partial charge in [-0.15, -0.1) is 0 Å². The molecular weight excluding hydrogens is 230 g/mol. The van der Waals surface area contributed by atoms with Gasteiger partial charge >= 0.3 is 0 Å². The SMILES string of the molecule is CC1CCCN(C(=O)CNC(=O)[C@@H](N)C(C)C)C1. The second-order valence-corrected chi connectivity index (χ2v) is 5.57. The first kappa shape index (κ1) is 15.0. The number of piperidine rings is 1. The molecule has 0 bridgehead atoms. The highest BCUT2D eigenvalue weighted by Crippen LogP contribution is 2.15. The van der Waals surface area contributed by atoms with E-state index in [1.54, 1.807) is 0 Å². The number of nitrogens with two attached hydrogens (primary N) is 1. The molecule has 2 amide bonds. The molecule has 104 valence electrons. The Morgan fingerprint density at radius 2 is 2.11 bits per heavy atom. The van der Waals surface area contributed by atoms with Gasteiger partial charge in [-0.2, -0.15) is 0 Å². The van der Waals surface area contributed by atoms with Crippen LogP contribution in [0.15, 0.2) is 0 Å². The zero-order valence-electron chi connectivity index (χ0n) is 11.6. The fourth-order valence-corrected chi connectivity index (χ4v) is 2.11. The number of nitrogens with zero attached hydrogens (tertiary/aromatic N) is 1. The summed E-state index contributed by atoms with van der Waals surface area (Å²) in [5, 5.41) is 2.62. The molecule has 1 fully saturated rings. The minimum atomic E-state index is -0.543. The topological polar surface area (TPSA) is 75.4 Å². The average Bonchev–Trinajstić information content (AvgIpc) is 2.34. The maximum atomic E-state index is 11.9. The molecule has 5 heteroatoms. The van der Waals surface area contributed by atoms with Crippen LogP contribution in [-0.2, 0) is 9.59 Å². The van der Waals surface area contributed by atoms with Crippen LogP contribution in [0.4, 0.5) is 0 Å². The van der Waals surface area contributed by atoms with E-state index in [9.17, 15) is 9.59 Å². The van der Waals surface area contributed by atoms with Gasteiger partial charge in [0.1, 0.15) is 0 Å². The van der Waals surface area contributed by atoms with Crippen molar-refractivity contribution in [2.45, 2.75) is 39.7 Å². The minimum Gasteiger partial charge on any atom is -0.346 e. The van der Waals surface area contributed by atoms with Crippen molar-refractivity contribution in [2.24, 2.45) is 17.6 Å². The zero-order valence-corrected chi connectivity index (χ0v) is 11.6. The summed E-state index contributed by atoms with van der Waals surface area (Å²) in [7, 11) is 0. The van der Waals surface area contributed by atoms with Crippen molar-refractivity contribution in [1.29, 1.82) is 0 Å². The van der Waals surface area contributed by atoms with E-state index in [2.05, 4.69) is 12.2 Å². The van der Waals surface area contributed by atoms with Gasteiger partial charge in [-0.3, -0.25) is 9.59 Å². The van der Waals surface area contributed by atoms with Crippen molar-refractivity contribution in [3.8, 4) is 0 Å². The molecule has 0 spiro atoms. The predicted octanol–water partition coefficient (Wildman–Crippen LogP) is 0.344. The van der Waals surface area contributed by atoms with Gasteiger partial charge in [0.2, 0.25) is 11.8 Å². The number of amides is 2. The molecule has 5 nitrogen and oxygen atoms in total. The summed E-state index contributed by atoms with van der Waals surface area (Å²) < 4.78 is 0. The summed E-state index contributed by atoms with van der Waals surface area (Å²) >= 11 is 0. The number of rotatable bonds is 4. The lowest BCUT2D eigenvalue weighted by molar-refractivity contribution is -0.134. The number of nitrogens with one attached hydrogen (secondary N) is 1. The standard InChI is InChI=1S/C13H25N3O2/c1-9(2)12(14)13(18)15-7-11(17)16-6-4-5-10(3)8-16/h9-10,12H,4-8,14H2,1-3H3,(H,15,18)/t10?,12-/m0/s1. The van der Waals surface area contributed by atoms with E-state index in [-0.39, 0.29) is 24.3 Å². The molecule has 3 N–H and O–H groups in total. The van der Waals surface area contributed by atoms with E-state index < -0.39 is 6.04 Å². The van der Waals surface area contributed by atoms with Crippen molar-refractivity contribution in [3.05, 3.63) is 0 Å². The van der Waals surface area contributed by atoms with Crippen molar-refractivity contribution >= 4 is 11.8 Å². The minimum absolute atomic E-state index is 0.00847. The molecule has 1 saturated heterocycles. The van der Waals surface area contributed by atoms with Crippen LogP contribution in [0.2, 0.25) is 0 Å². The van der Waals surface area contributed by atoms with Crippen molar-refractivity contribution in [1.82, 2.24) is 10.2 Å². The smallest absolute Gasteiger partial charge is 0.241 e. The molecule has 18 heavy (non-hydrogen) atoms. The highest BCUT2D eigenvalue weighted by atomic mass is 16.2. The summed E-state index contributed by atoms with van der Waals surface area (Å²) in [4.78, 5) is 25.4. The van der Waals surface area contributed by atoms with Gasteiger partial charge in [0, 0.05) is 13.1 Å². The quantitative estimate of drug-likeness (QED) is 0.761. The lowest BCUT2D eigenvalue weighted by Crippen LogP contribution is -2.49. The monoisotopic (exact) mass is 255 g/mol. The summed E-state index contributed by atoms with van der Waals surface area (Å²) in [6.45, 7) is 7.58. The van der Waals surface area contributed by atoms with Gasteiger partial charge < -0.3 is 16.0 Å². The largest absolute Gasteiger partial charge is 0.346 e. The molecule has 0 aromatic carbocycles. The highest BCUT2D eigenvalue weighted by Gasteiger charge is 2.22. The van der Waals surface area contributed by atoms with Crippen LogP contribution in [0.5, 0.6) is 0 Å². The van der Waals surface area contributed by atoms with Crippen LogP contribution >= 0.6 is 0 Å². The van der Waals surface area contributed by atoms with Crippen LogP contribution in [0.3, 0.4) is 0 Å². The number of hydrogen-bond acceptors (Lipinski definition) is 3. The molecule has 2 atom stereocenters. The van der Waals surface area contributed by atoms with Gasteiger partial charge in [0.15, 0.2) is 0 Å². The third-order valence-corrected chi connectivity index (χ3v) is 3.44. The molecule has 0 aromatic rings. The maximum Gasteiger partial charge on any atom is 0.241 e. The Bertz CT molecular complexity index is 305. The summed E-state index contributed by atoms with van der Waals surface area (Å²) in [5.41, 5.74) is 5.71. The van der Waals surface area contributed by atoms with E-state index in [1.165, 1.54) is 6.42 Å². The summed E-state index contributed by atoms with van der Waals surface area (Å²) in [5.74, 6) is 0.376. The number of carbonyl (C=O) groups is 2. The van der Waals surface area contributed by atoms with E-state index >= 15 is 0 Å².